The number of rotatable bonds is 9. The third-order valence-corrected chi connectivity index (χ3v) is 29.1. The summed E-state index contributed by atoms with van der Waals surface area (Å²) in [6.45, 7) is 8.81. The van der Waals surface area contributed by atoms with Crippen LogP contribution in [0.1, 0.15) is 156 Å². The number of hydrogen-bond acceptors (Lipinski definition) is 13. The number of aliphatic imine (C=N–C) groups is 1. The van der Waals surface area contributed by atoms with Gasteiger partial charge in [-0.15, -0.1) is 0 Å². The lowest BCUT2D eigenvalue weighted by Crippen LogP contribution is -2.70. The van der Waals surface area contributed by atoms with E-state index < -0.39 is 75.3 Å². The summed E-state index contributed by atoms with van der Waals surface area (Å²) >= 11 is 0. The van der Waals surface area contributed by atoms with Gasteiger partial charge in [0.25, 0.3) is 0 Å². The van der Waals surface area contributed by atoms with Crippen molar-refractivity contribution in [1.29, 1.82) is 0 Å². The van der Waals surface area contributed by atoms with Crippen molar-refractivity contribution >= 4 is 33.3 Å². The van der Waals surface area contributed by atoms with Crippen LogP contribution in [0.2, 0.25) is 0 Å². The van der Waals surface area contributed by atoms with E-state index in [0.717, 1.165) is 69.5 Å². The number of aliphatic hydroxyl groups excluding tert-OH is 6. The summed E-state index contributed by atoms with van der Waals surface area (Å²) < 4.78 is 1.73. The molecule has 1 saturated heterocycles. The van der Waals surface area contributed by atoms with E-state index in [1.807, 2.05) is 34.1 Å². The second kappa shape index (κ2) is 20.7. The zero-order valence-electron chi connectivity index (χ0n) is 48.4. The molecule has 12 aliphatic rings. The van der Waals surface area contributed by atoms with E-state index in [-0.39, 0.29) is 84.4 Å². The molecular weight excluding hydrogens is 1040 g/mol. The van der Waals surface area contributed by atoms with Gasteiger partial charge in [-0.1, -0.05) is 77.5 Å². The molecule has 9 fully saturated rings. The largest absolute Gasteiger partial charge is 0.396 e. The van der Waals surface area contributed by atoms with Crippen LogP contribution in [0.4, 0.5) is 0 Å². The van der Waals surface area contributed by atoms with Gasteiger partial charge in [0.15, 0.2) is 11.7 Å². The van der Waals surface area contributed by atoms with Gasteiger partial charge in [-0.05, 0) is 198 Å². The fraction of sp³-hybridized carbons (Fsp3) is 0.828. The average molecular weight is 1140 g/mol. The summed E-state index contributed by atoms with van der Waals surface area (Å²) in [5.74, 6) is -0.756. The van der Waals surface area contributed by atoms with E-state index in [2.05, 4.69) is 47.2 Å². The molecule has 11 aliphatic carbocycles. The Morgan fingerprint density at radius 1 is 0.975 bits per heavy atom. The second-order valence-electron chi connectivity index (χ2n) is 29.6. The smallest absolute Gasteiger partial charge is 0.190 e. The van der Waals surface area contributed by atoms with Crippen LogP contribution in [0.15, 0.2) is 57.7 Å². The first-order valence-electron chi connectivity index (χ1n) is 31.7. The molecule has 23 unspecified atom stereocenters. The van der Waals surface area contributed by atoms with Crippen molar-refractivity contribution in [3.8, 4) is 0 Å². The predicted molar refractivity (Wildman–Crippen MR) is 313 cm³/mol. The number of carbonyl (C=O) groups is 1. The van der Waals surface area contributed by atoms with Crippen LogP contribution < -0.4 is 16.4 Å². The summed E-state index contributed by atoms with van der Waals surface area (Å²) in [5, 5.41) is 94.5. The second-order valence-corrected chi connectivity index (χ2v) is 32.3. The van der Waals surface area contributed by atoms with Crippen LogP contribution >= 0.6 is 21.6 Å². The number of hydrogen-bond donors (Lipinski definition) is 10. The summed E-state index contributed by atoms with van der Waals surface area (Å²) in [6, 6.07) is 0.0741. The van der Waals surface area contributed by atoms with Gasteiger partial charge in [0, 0.05) is 83.6 Å². The van der Waals surface area contributed by atoms with E-state index in [1.165, 1.54) is 44.1 Å². The Morgan fingerprint density at radius 3 is 2.54 bits per heavy atom. The molecular formula is C64H96N6O8S2. The molecule has 1 aromatic heterocycles. The minimum Gasteiger partial charge on any atom is -0.396 e. The monoisotopic (exact) mass is 1140 g/mol. The number of guanidine groups is 1. The number of imidazole rings is 1. The van der Waals surface area contributed by atoms with Crippen molar-refractivity contribution < 1.29 is 40.5 Å². The van der Waals surface area contributed by atoms with Crippen molar-refractivity contribution in [3.05, 3.63) is 52.7 Å². The molecule has 0 aromatic carbocycles. The third-order valence-electron chi connectivity index (χ3n) is 25.7. The van der Waals surface area contributed by atoms with Gasteiger partial charge < -0.3 is 56.7 Å². The van der Waals surface area contributed by atoms with E-state index >= 15 is 9.90 Å². The van der Waals surface area contributed by atoms with Crippen LogP contribution in [0.25, 0.3) is 0 Å². The maximum Gasteiger partial charge on any atom is 0.190 e. The number of allylic oxidation sites excluding steroid dienone is 3. The lowest BCUT2D eigenvalue weighted by Gasteiger charge is -2.66. The lowest BCUT2D eigenvalue weighted by molar-refractivity contribution is -0.197. The zero-order chi connectivity index (χ0) is 56.1. The lowest BCUT2D eigenvalue weighted by atomic mass is 9.40. The van der Waals surface area contributed by atoms with Crippen molar-refractivity contribution in [1.82, 2.24) is 20.2 Å². The number of nitrogens with two attached hydrogens (primary N) is 1. The molecule has 11 N–H and O–H groups in total. The van der Waals surface area contributed by atoms with Crippen molar-refractivity contribution in [2.75, 3.05) is 39.1 Å². The quantitative estimate of drug-likeness (QED) is 0.0379. The number of aliphatic hydroxyl groups is 7. The fourth-order valence-electron chi connectivity index (χ4n) is 23.5. The zero-order valence-corrected chi connectivity index (χ0v) is 50.1. The summed E-state index contributed by atoms with van der Waals surface area (Å²) in [6.07, 6.45) is 21.9. The van der Waals surface area contributed by atoms with Crippen molar-refractivity contribution in [2.45, 2.75) is 191 Å². The first-order valence-corrected chi connectivity index (χ1v) is 34.0. The highest BCUT2D eigenvalue weighted by Crippen LogP contribution is 2.78. The Kier molecular flexibility index (Phi) is 14.7. The summed E-state index contributed by atoms with van der Waals surface area (Å²) in [7, 11) is 5.60. The first kappa shape index (κ1) is 56.9. The topological polar surface area (TPSA) is 239 Å². The molecule has 1 aliphatic heterocycles. The molecule has 6 bridgehead atoms. The molecule has 2 spiro atoms. The number of nitrogens with one attached hydrogen (secondary N) is 2. The Morgan fingerprint density at radius 2 is 1.79 bits per heavy atom. The molecule has 16 heteroatoms. The molecule has 2 heterocycles. The Labute approximate surface area is 483 Å². The maximum absolute atomic E-state index is 15.7. The number of aromatic nitrogens is 2. The highest BCUT2D eigenvalue weighted by atomic mass is 33.1. The molecule has 1 aromatic rings. The average Bonchev–Trinajstić information content (AvgIpc) is 3.60. The van der Waals surface area contributed by atoms with Gasteiger partial charge in [-0.25, -0.2) is 4.98 Å². The molecule has 8 saturated carbocycles. The van der Waals surface area contributed by atoms with Gasteiger partial charge in [-0.2, -0.15) is 0 Å². The number of nitrogens with zero attached hydrogens (tertiary/aromatic N) is 3. The minimum absolute atomic E-state index is 0.00526. The van der Waals surface area contributed by atoms with Gasteiger partial charge in [0.1, 0.15) is 6.23 Å². The standard InChI is InChI=1S/C64H96N6O8S2/c1-34(73)69-58(65)68-29-37-26-62(32-72)45-24-49(64(62,78)46-23-47(74)54-44(30-66-5)56(76)48(75)28-60(54,4)52(37)46)63(17-8-11-39(63)15-20-71)80-79-31-40(70-19-18-67-33-70)27-59(2,3)55-43-21-35-13-14-38-10-7-16-61(38,25-35)53(43)41-12-6-9-36-22-42(45)57(77)51(55)50(36)41/h18-19,23,33-40,42,44-45,48-49,51-54,56-57,66,71-73,75-78H,6-17,20-22,24-32H2,1-5H3,(H3,65,68,69). The Balaban J connectivity index is 1.05. The van der Waals surface area contributed by atoms with Crippen LogP contribution in [0, 0.1) is 98.6 Å². The molecule has 23 atom stereocenters. The highest BCUT2D eigenvalue weighted by molar-refractivity contribution is 8.77. The normalized spacial score (nSPS) is 48.8. The maximum atomic E-state index is 15.7. The minimum atomic E-state index is -1.76. The van der Waals surface area contributed by atoms with E-state index in [0.29, 0.717) is 43.2 Å². The third kappa shape index (κ3) is 8.16. The molecule has 14 nitrogen and oxygen atoms in total. The Bertz CT molecular complexity index is 2680. The molecule has 13 rings (SSSR count). The highest BCUT2D eigenvalue weighted by Gasteiger charge is 2.78. The van der Waals surface area contributed by atoms with Crippen LogP contribution in [0.5, 0.6) is 0 Å². The van der Waals surface area contributed by atoms with Gasteiger partial charge in [0.05, 0.1) is 36.8 Å². The molecule has 442 valence electrons. The number of carbonyl (C=O) groups excluding carboxylic acids is 1. The van der Waals surface area contributed by atoms with Gasteiger partial charge in [-0.3, -0.25) is 9.79 Å². The predicted octanol–water partition coefficient (Wildman–Crippen LogP) is 7.48. The van der Waals surface area contributed by atoms with E-state index in [9.17, 15) is 30.6 Å². The fourth-order valence-corrected chi connectivity index (χ4v) is 27.5. The Hall–Kier alpha value is -2.25. The van der Waals surface area contributed by atoms with E-state index in [4.69, 9.17) is 10.7 Å². The number of ketones is 1. The van der Waals surface area contributed by atoms with Crippen molar-refractivity contribution in [2.24, 2.45) is 109 Å². The van der Waals surface area contributed by atoms with Crippen LogP contribution in [-0.2, 0) is 4.79 Å². The molecule has 0 radical (unpaired) electrons. The SMILES string of the molecule is CNCC1C(O)C(O)CC2(C)C3C(=CC(=O)C12)C1(O)C2CC(C4CC5CCCC6=C5C(C(=C5CC7CCC8CCCC8(C7)C65)C(C)(C)CC(n5ccnc5)CSSC25CCCC5CCO)C4O)C1(CO)CC3CN=C(N)NC(C)O. The van der Waals surface area contributed by atoms with Gasteiger partial charge in [0.2, 0.25) is 0 Å². The summed E-state index contributed by atoms with van der Waals surface area (Å²) in [5.41, 5.74) is 9.63. The number of fused-ring (bicyclic) bond motifs is 15. The van der Waals surface area contributed by atoms with E-state index in [1.54, 1.807) is 36.8 Å². The molecule has 80 heavy (non-hydrogen) atoms. The molecule has 0 amide bonds. The van der Waals surface area contributed by atoms with Gasteiger partial charge >= 0.3 is 0 Å². The first-order chi connectivity index (χ1) is 38.3. The van der Waals surface area contributed by atoms with Crippen molar-refractivity contribution in [3.63, 3.8) is 0 Å². The summed E-state index contributed by atoms with van der Waals surface area (Å²) in [4.78, 5) is 25.3. The van der Waals surface area contributed by atoms with Crippen LogP contribution in [0.3, 0.4) is 0 Å². The van der Waals surface area contributed by atoms with Crippen LogP contribution in [-0.4, -0.2) is 131 Å².